The highest BCUT2D eigenvalue weighted by Crippen LogP contribution is 2.27. The molecule has 0 unspecified atom stereocenters. The van der Waals surface area contributed by atoms with Crippen molar-refractivity contribution in [2.45, 2.75) is 19.3 Å². The van der Waals surface area contributed by atoms with Crippen LogP contribution in [0.2, 0.25) is 0 Å². The van der Waals surface area contributed by atoms with Crippen LogP contribution in [0.25, 0.3) is 0 Å². The normalized spacial score (nSPS) is 10.3. The zero-order chi connectivity index (χ0) is 18.9. The van der Waals surface area contributed by atoms with Crippen LogP contribution in [0.15, 0.2) is 42.5 Å². The van der Waals surface area contributed by atoms with Crippen molar-refractivity contribution >= 4 is 11.7 Å². The lowest BCUT2D eigenvalue weighted by Crippen LogP contribution is -2.26. The Bertz CT molecular complexity index is 776. The number of methoxy groups -OCH3 is 2. The van der Waals surface area contributed by atoms with Crippen molar-refractivity contribution in [2.24, 2.45) is 0 Å². The largest absolute Gasteiger partial charge is 0.493 e. The van der Waals surface area contributed by atoms with E-state index in [1.165, 1.54) is 18.2 Å². The molecule has 0 fully saturated rings. The average Bonchev–Trinajstić information content (AvgIpc) is 2.66. The Morgan fingerprint density at radius 3 is 2.42 bits per heavy atom. The number of rotatable bonds is 9. The van der Waals surface area contributed by atoms with E-state index in [0.717, 1.165) is 5.56 Å². The Morgan fingerprint density at radius 2 is 1.73 bits per heavy atom. The molecule has 2 rings (SSSR count). The summed E-state index contributed by atoms with van der Waals surface area (Å²) in [4.78, 5) is 23.8. The molecule has 0 radical (unpaired) electrons. The van der Waals surface area contributed by atoms with Crippen LogP contribution in [0.4, 0.5) is 4.39 Å². The molecule has 5 nitrogen and oxygen atoms in total. The molecule has 2 aromatic rings. The van der Waals surface area contributed by atoms with Crippen LogP contribution in [0, 0.1) is 5.82 Å². The highest BCUT2D eigenvalue weighted by molar-refractivity contribution is 5.98. The van der Waals surface area contributed by atoms with Crippen LogP contribution in [-0.2, 0) is 11.2 Å². The number of benzene rings is 2. The molecule has 1 amide bonds. The van der Waals surface area contributed by atoms with Crippen LogP contribution in [0.3, 0.4) is 0 Å². The van der Waals surface area contributed by atoms with Crippen molar-refractivity contribution in [3.05, 3.63) is 59.4 Å². The average molecular weight is 359 g/mol. The minimum atomic E-state index is -0.564. The summed E-state index contributed by atoms with van der Waals surface area (Å²) in [6.45, 7) is 0.433. The lowest BCUT2D eigenvalue weighted by Gasteiger charge is -2.10. The third-order valence-electron chi connectivity index (χ3n) is 3.94. The van der Waals surface area contributed by atoms with Gasteiger partial charge in [0.2, 0.25) is 5.91 Å². The lowest BCUT2D eigenvalue weighted by molar-refractivity contribution is -0.121. The van der Waals surface area contributed by atoms with Crippen LogP contribution in [-0.4, -0.2) is 32.5 Å². The second-order valence-corrected chi connectivity index (χ2v) is 5.69. The van der Waals surface area contributed by atoms with Crippen LogP contribution < -0.4 is 14.8 Å². The number of hydrogen-bond acceptors (Lipinski definition) is 4. The maximum absolute atomic E-state index is 13.5. The minimum absolute atomic E-state index is 0.0191. The maximum Gasteiger partial charge on any atom is 0.220 e. The number of nitrogens with one attached hydrogen (secondary N) is 1. The van der Waals surface area contributed by atoms with Crippen molar-refractivity contribution in [3.8, 4) is 11.5 Å². The van der Waals surface area contributed by atoms with Gasteiger partial charge in [-0.1, -0.05) is 18.2 Å². The van der Waals surface area contributed by atoms with Crippen molar-refractivity contribution in [1.29, 1.82) is 0 Å². The fourth-order valence-corrected chi connectivity index (χ4v) is 2.52. The summed E-state index contributed by atoms with van der Waals surface area (Å²) in [5.41, 5.74) is 1.01. The number of amides is 1. The summed E-state index contributed by atoms with van der Waals surface area (Å²) >= 11 is 0. The summed E-state index contributed by atoms with van der Waals surface area (Å²) in [7, 11) is 3.14. The van der Waals surface area contributed by atoms with Gasteiger partial charge in [-0.3, -0.25) is 9.59 Å². The van der Waals surface area contributed by atoms with Gasteiger partial charge < -0.3 is 14.8 Å². The highest BCUT2D eigenvalue weighted by atomic mass is 19.1. The Kier molecular flexibility index (Phi) is 7.14. The minimum Gasteiger partial charge on any atom is -0.493 e. The first-order valence-electron chi connectivity index (χ1n) is 8.30. The molecule has 0 bridgehead atoms. The maximum atomic E-state index is 13.5. The third-order valence-corrected chi connectivity index (χ3v) is 3.94. The molecule has 0 spiro atoms. The molecular weight excluding hydrogens is 337 g/mol. The van der Waals surface area contributed by atoms with Gasteiger partial charge in [-0.25, -0.2) is 4.39 Å². The fourth-order valence-electron chi connectivity index (χ4n) is 2.52. The molecular formula is C20H22FNO4. The second-order valence-electron chi connectivity index (χ2n) is 5.69. The van der Waals surface area contributed by atoms with E-state index in [1.807, 2.05) is 18.2 Å². The Balaban J connectivity index is 1.77. The molecule has 26 heavy (non-hydrogen) atoms. The standard InChI is InChI=1S/C20H22FNO4/c1-25-18-9-7-14(13-19(18)26-2)11-12-22-20(24)10-8-17(23)15-5-3-4-6-16(15)21/h3-7,9,13H,8,10-12H2,1-2H3,(H,22,24). The van der Waals surface area contributed by atoms with E-state index in [9.17, 15) is 14.0 Å². The first-order chi connectivity index (χ1) is 12.5. The molecule has 2 aromatic carbocycles. The van der Waals surface area contributed by atoms with Crippen molar-refractivity contribution in [1.82, 2.24) is 5.32 Å². The van der Waals surface area contributed by atoms with Gasteiger partial charge in [-0.05, 0) is 36.2 Å². The molecule has 0 heterocycles. The summed E-state index contributed by atoms with van der Waals surface area (Å²) < 4.78 is 24.0. The molecule has 0 aliphatic carbocycles. The summed E-state index contributed by atoms with van der Waals surface area (Å²) in [6.07, 6.45) is 0.621. The van der Waals surface area contributed by atoms with Gasteiger partial charge in [0.05, 0.1) is 19.8 Å². The van der Waals surface area contributed by atoms with Crippen LogP contribution in [0.5, 0.6) is 11.5 Å². The monoisotopic (exact) mass is 359 g/mol. The number of Topliss-reactive ketones (excluding diaryl/α,β-unsaturated/α-hetero) is 1. The molecule has 1 N–H and O–H groups in total. The Morgan fingerprint density at radius 1 is 1.00 bits per heavy atom. The van der Waals surface area contributed by atoms with E-state index in [-0.39, 0.29) is 30.1 Å². The van der Waals surface area contributed by atoms with Gasteiger partial charge in [0.15, 0.2) is 17.3 Å². The Labute approximate surface area is 152 Å². The number of ketones is 1. The Hall–Kier alpha value is -2.89. The third kappa shape index (κ3) is 5.31. The molecule has 138 valence electrons. The molecule has 0 saturated carbocycles. The number of hydrogen-bond donors (Lipinski definition) is 1. The summed E-state index contributed by atoms with van der Waals surface area (Å²) in [5.74, 6) is 0.0958. The quantitative estimate of drug-likeness (QED) is 0.699. The van der Waals surface area contributed by atoms with Gasteiger partial charge in [0.25, 0.3) is 0 Å². The van der Waals surface area contributed by atoms with E-state index in [2.05, 4.69) is 5.32 Å². The topological polar surface area (TPSA) is 64.6 Å². The zero-order valence-electron chi connectivity index (χ0n) is 14.9. The molecule has 0 aliphatic rings. The predicted molar refractivity (Wildman–Crippen MR) is 96.2 cm³/mol. The predicted octanol–water partition coefficient (Wildman–Crippen LogP) is 3.16. The van der Waals surface area contributed by atoms with E-state index in [0.29, 0.717) is 24.5 Å². The van der Waals surface area contributed by atoms with Crippen molar-refractivity contribution in [3.63, 3.8) is 0 Å². The highest BCUT2D eigenvalue weighted by Gasteiger charge is 2.13. The van der Waals surface area contributed by atoms with E-state index < -0.39 is 5.82 Å². The van der Waals surface area contributed by atoms with E-state index >= 15 is 0 Å². The molecule has 0 atom stereocenters. The zero-order valence-corrected chi connectivity index (χ0v) is 14.9. The van der Waals surface area contributed by atoms with Gasteiger partial charge >= 0.3 is 0 Å². The van der Waals surface area contributed by atoms with Gasteiger partial charge in [0, 0.05) is 19.4 Å². The molecule has 0 aromatic heterocycles. The lowest BCUT2D eigenvalue weighted by atomic mass is 10.1. The van der Waals surface area contributed by atoms with Crippen LogP contribution in [0.1, 0.15) is 28.8 Å². The van der Waals surface area contributed by atoms with Gasteiger partial charge in [-0.2, -0.15) is 0 Å². The molecule has 0 aliphatic heterocycles. The van der Waals surface area contributed by atoms with Gasteiger partial charge in [-0.15, -0.1) is 0 Å². The smallest absolute Gasteiger partial charge is 0.220 e. The van der Waals surface area contributed by atoms with E-state index in [4.69, 9.17) is 9.47 Å². The number of carbonyl (C=O) groups excluding carboxylic acids is 2. The first-order valence-corrected chi connectivity index (χ1v) is 8.30. The van der Waals surface area contributed by atoms with Crippen molar-refractivity contribution in [2.75, 3.05) is 20.8 Å². The molecule has 6 heteroatoms. The van der Waals surface area contributed by atoms with Gasteiger partial charge in [0.1, 0.15) is 5.82 Å². The summed E-state index contributed by atoms with van der Waals surface area (Å²) in [5, 5.41) is 2.76. The number of halogens is 1. The van der Waals surface area contributed by atoms with Crippen molar-refractivity contribution < 1.29 is 23.5 Å². The second kappa shape index (κ2) is 9.56. The number of ether oxygens (including phenoxy) is 2. The fraction of sp³-hybridized carbons (Fsp3) is 0.300. The summed E-state index contributed by atoms with van der Waals surface area (Å²) in [6, 6.07) is 11.3. The SMILES string of the molecule is COc1ccc(CCNC(=O)CCC(=O)c2ccccc2F)cc1OC. The first kappa shape index (κ1) is 19.4. The molecule has 0 saturated heterocycles. The van der Waals surface area contributed by atoms with E-state index in [1.54, 1.807) is 20.3 Å². The van der Waals surface area contributed by atoms with Crippen LogP contribution >= 0.6 is 0 Å². The number of carbonyl (C=O) groups is 2.